The molecule has 1 fully saturated rings. The van der Waals surface area contributed by atoms with E-state index in [4.69, 9.17) is 5.11 Å². The summed E-state index contributed by atoms with van der Waals surface area (Å²) in [5, 5.41) is 9.16. The molecule has 0 saturated carbocycles. The molecule has 0 radical (unpaired) electrons. The molecular weight excluding hydrogens is 310 g/mol. The monoisotopic (exact) mass is 325 g/mol. The van der Waals surface area contributed by atoms with Crippen molar-refractivity contribution >= 4 is 27.8 Å². The Kier molecular flexibility index (Phi) is 3.94. The largest absolute Gasteiger partial charge is 0.481 e. The summed E-state index contributed by atoms with van der Waals surface area (Å²) in [6.45, 7) is 2.51. The van der Waals surface area contributed by atoms with Crippen molar-refractivity contribution in [3.63, 3.8) is 0 Å². The van der Waals surface area contributed by atoms with Crippen LogP contribution in [0.1, 0.15) is 18.9 Å². The van der Waals surface area contributed by atoms with Crippen molar-refractivity contribution in [1.82, 2.24) is 4.90 Å². The van der Waals surface area contributed by atoms with E-state index in [1.54, 1.807) is 11.8 Å². The van der Waals surface area contributed by atoms with Crippen LogP contribution in [0, 0.1) is 5.41 Å². The topological polar surface area (TPSA) is 57.6 Å². The van der Waals surface area contributed by atoms with Gasteiger partial charge in [-0.2, -0.15) is 0 Å². The Labute approximate surface area is 120 Å². The molecular formula is C14H16BrNO3. The fraction of sp³-hybridized carbons (Fsp3) is 0.429. The molecule has 1 aliphatic rings. The number of nitrogens with zero attached hydrogens (tertiary/aromatic N) is 1. The summed E-state index contributed by atoms with van der Waals surface area (Å²) in [6.07, 6.45) is 0.821. The van der Waals surface area contributed by atoms with Crippen molar-refractivity contribution in [1.29, 1.82) is 0 Å². The van der Waals surface area contributed by atoms with Crippen molar-refractivity contribution in [2.45, 2.75) is 19.8 Å². The highest BCUT2D eigenvalue weighted by Crippen LogP contribution is 2.30. The summed E-state index contributed by atoms with van der Waals surface area (Å²) in [4.78, 5) is 25.0. The van der Waals surface area contributed by atoms with E-state index >= 15 is 0 Å². The molecule has 4 nitrogen and oxygen atoms in total. The molecule has 0 spiro atoms. The van der Waals surface area contributed by atoms with Gasteiger partial charge < -0.3 is 10.0 Å². The average molecular weight is 326 g/mol. The second-order valence-corrected chi connectivity index (χ2v) is 6.05. The summed E-state index contributed by atoms with van der Waals surface area (Å²) in [6, 6.07) is 7.58. The summed E-state index contributed by atoms with van der Waals surface area (Å²) >= 11 is 3.41. The first-order valence-corrected chi connectivity index (χ1v) is 6.96. The standard InChI is InChI=1S/C14H16BrNO3/c1-14(13(18)19)6-7-16(9-14)12(17)8-10-4-2-3-5-11(10)15/h2-5H,6-9H2,1H3,(H,18,19). The normalized spacial score (nSPS) is 22.5. The van der Waals surface area contributed by atoms with E-state index in [2.05, 4.69) is 15.9 Å². The van der Waals surface area contributed by atoms with Crippen molar-refractivity contribution in [3.05, 3.63) is 34.3 Å². The molecule has 1 aliphatic heterocycles. The van der Waals surface area contributed by atoms with Gasteiger partial charge in [0.2, 0.25) is 5.91 Å². The summed E-state index contributed by atoms with van der Waals surface area (Å²) in [5.41, 5.74) is 0.125. The van der Waals surface area contributed by atoms with Gasteiger partial charge in [0.15, 0.2) is 0 Å². The van der Waals surface area contributed by atoms with Gasteiger partial charge >= 0.3 is 5.97 Å². The highest BCUT2D eigenvalue weighted by molar-refractivity contribution is 9.10. The van der Waals surface area contributed by atoms with E-state index in [-0.39, 0.29) is 5.91 Å². The lowest BCUT2D eigenvalue weighted by Crippen LogP contribution is -2.35. The Morgan fingerprint density at radius 3 is 2.68 bits per heavy atom. The van der Waals surface area contributed by atoms with Crippen LogP contribution in [-0.2, 0) is 16.0 Å². The van der Waals surface area contributed by atoms with Gasteiger partial charge in [0.25, 0.3) is 0 Å². The molecule has 19 heavy (non-hydrogen) atoms. The maximum Gasteiger partial charge on any atom is 0.311 e. The molecule has 102 valence electrons. The highest BCUT2D eigenvalue weighted by atomic mass is 79.9. The number of amides is 1. The molecule has 1 atom stereocenters. The molecule has 5 heteroatoms. The minimum Gasteiger partial charge on any atom is -0.481 e. The second kappa shape index (κ2) is 5.33. The van der Waals surface area contributed by atoms with Crippen molar-refractivity contribution in [2.75, 3.05) is 13.1 Å². The Balaban J connectivity index is 2.03. The SMILES string of the molecule is CC1(C(=O)O)CCN(C(=O)Cc2ccccc2Br)C1. The molecule has 2 rings (SSSR count). The van der Waals surface area contributed by atoms with E-state index in [0.29, 0.717) is 25.9 Å². The van der Waals surface area contributed by atoms with Gasteiger partial charge in [0, 0.05) is 17.6 Å². The van der Waals surface area contributed by atoms with Crippen LogP contribution in [0.5, 0.6) is 0 Å². The minimum absolute atomic E-state index is 0.0168. The number of benzene rings is 1. The molecule has 1 heterocycles. The van der Waals surface area contributed by atoms with Crippen LogP contribution in [0.3, 0.4) is 0 Å². The zero-order valence-electron chi connectivity index (χ0n) is 10.7. The first-order chi connectivity index (χ1) is 8.92. The fourth-order valence-corrected chi connectivity index (χ4v) is 2.69. The fourth-order valence-electron chi connectivity index (χ4n) is 2.27. The van der Waals surface area contributed by atoms with E-state index in [1.807, 2.05) is 24.3 Å². The first kappa shape index (κ1) is 14.1. The Hall–Kier alpha value is -1.36. The van der Waals surface area contributed by atoms with Crippen LogP contribution in [0.4, 0.5) is 0 Å². The maximum absolute atomic E-state index is 12.2. The Bertz CT molecular complexity index is 517. The van der Waals surface area contributed by atoms with Gasteiger partial charge in [-0.05, 0) is 25.0 Å². The third-order valence-corrected chi connectivity index (χ3v) is 4.42. The van der Waals surface area contributed by atoms with Crippen molar-refractivity contribution in [3.8, 4) is 0 Å². The van der Waals surface area contributed by atoms with E-state index in [0.717, 1.165) is 10.0 Å². The molecule has 1 aromatic rings. The van der Waals surface area contributed by atoms with Gasteiger partial charge in [-0.15, -0.1) is 0 Å². The zero-order chi connectivity index (χ0) is 14.0. The maximum atomic E-state index is 12.2. The van der Waals surface area contributed by atoms with Crippen LogP contribution in [-0.4, -0.2) is 35.0 Å². The van der Waals surface area contributed by atoms with Gasteiger partial charge in [-0.1, -0.05) is 34.1 Å². The molecule has 1 saturated heterocycles. The summed E-state index contributed by atoms with van der Waals surface area (Å²) in [7, 11) is 0. The lowest BCUT2D eigenvalue weighted by molar-refractivity contribution is -0.147. The predicted molar refractivity (Wildman–Crippen MR) is 74.8 cm³/mol. The third-order valence-electron chi connectivity index (χ3n) is 3.64. The van der Waals surface area contributed by atoms with Crippen LogP contribution in [0.25, 0.3) is 0 Å². The first-order valence-electron chi connectivity index (χ1n) is 6.17. The molecule has 1 amide bonds. The van der Waals surface area contributed by atoms with E-state index in [9.17, 15) is 9.59 Å². The quantitative estimate of drug-likeness (QED) is 0.927. The van der Waals surface area contributed by atoms with Crippen LogP contribution >= 0.6 is 15.9 Å². The lowest BCUT2D eigenvalue weighted by Gasteiger charge is -2.20. The number of carboxylic acids is 1. The average Bonchev–Trinajstić information content (AvgIpc) is 2.76. The highest BCUT2D eigenvalue weighted by Gasteiger charge is 2.41. The minimum atomic E-state index is -0.830. The zero-order valence-corrected chi connectivity index (χ0v) is 12.3. The number of aliphatic carboxylic acids is 1. The van der Waals surface area contributed by atoms with Gasteiger partial charge in [0.05, 0.1) is 11.8 Å². The third kappa shape index (κ3) is 2.97. The van der Waals surface area contributed by atoms with Gasteiger partial charge in [-0.25, -0.2) is 0 Å². The number of carbonyl (C=O) groups is 2. The van der Waals surface area contributed by atoms with Crippen molar-refractivity contribution in [2.24, 2.45) is 5.41 Å². The Morgan fingerprint density at radius 1 is 1.42 bits per heavy atom. The lowest BCUT2D eigenvalue weighted by atomic mass is 9.90. The van der Waals surface area contributed by atoms with E-state index in [1.165, 1.54) is 0 Å². The molecule has 0 aromatic heterocycles. The van der Waals surface area contributed by atoms with Crippen LogP contribution < -0.4 is 0 Å². The smallest absolute Gasteiger partial charge is 0.311 e. The van der Waals surface area contributed by atoms with Crippen LogP contribution in [0.2, 0.25) is 0 Å². The summed E-state index contributed by atoms with van der Waals surface area (Å²) < 4.78 is 0.906. The molecule has 1 unspecified atom stereocenters. The number of likely N-dealkylation sites (tertiary alicyclic amines) is 1. The van der Waals surface area contributed by atoms with Gasteiger partial charge in [0.1, 0.15) is 0 Å². The Morgan fingerprint density at radius 2 is 2.11 bits per heavy atom. The van der Waals surface area contributed by atoms with Crippen LogP contribution in [0.15, 0.2) is 28.7 Å². The predicted octanol–water partition coefficient (Wildman–Crippen LogP) is 2.31. The molecule has 0 bridgehead atoms. The number of carbonyl (C=O) groups excluding carboxylic acids is 1. The number of hydrogen-bond donors (Lipinski definition) is 1. The number of halogens is 1. The number of carboxylic acid groups (broad SMARTS) is 1. The molecule has 1 aromatic carbocycles. The van der Waals surface area contributed by atoms with E-state index < -0.39 is 11.4 Å². The summed E-state index contributed by atoms with van der Waals surface area (Å²) in [5.74, 6) is -0.847. The van der Waals surface area contributed by atoms with Gasteiger partial charge in [-0.3, -0.25) is 9.59 Å². The second-order valence-electron chi connectivity index (χ2n) is 5.20. The van der Waals surface area contributed by atoms with Crippen molar-refractivity contribution < 1.29 is 14.7 Å². The number of rotatable bonds is 3. The molecule has 0 aliphatic carbocycles. The number of hydrogen-bond acceptors (Lipinski definition) is 2. The molecule has 1 N–H and O–H groups in total.